The molecule has 0 radical (unpaired) electrons. The van der Waals surface area contributed by atoms with E-state index in [4.69, 9.17) is 4.74 Å². The van der Waals surface area contributed by atoms with Crippen molar-refractivity contribution in [1.82, 2.24) is 15.1 Å². The average molecular weight is 348 g/mol. The van der Waals surface area contributed by atoms with E-state index in [1.54, 1.807) is 0 Å². The summed E-state index contributed by atoms with van der Waals surface area (Å²) in [7, 11) is 2.17. The van der Waals surface area contributed by atoms with Crippen molar-refractivity contribution in [3.05, 3.63) is 24.3 Å². The average Bonchev–Trinajstić information content (AvgIpc) is 2.61. The van der Waals surface area contributed by atoms with Crippen LogP contribution < -0.4 is 15.4 Å². The number of urea groups is 1. The number of hydrogen-bond donors (Lipinski definition) is 2. The maximum absolute atomic E-state index is 12.0. The molecule has 25 heavy (non-hydrogen) atoms. The second-order valence-electron chi connectivity index (χ2n) is 6.61. The van der Waals surface area contributed by atoms with E-state index in [2.05, 4.69) is 34.4 Å². The molecular weight excluding hydrogens is 316 g/mol. The standard InChI is InChI=1S/C19H32N4O2/c1-3-15-25-18-8-6-7-17(16-18)21-19(24)20-9-4-5-10-23-13-11-22(2)12-14-23/h6-8,16H,3-5,9-15H2,1-2H3,(H2,20,21,24). The van der Waals surface area contributed by atoms with Crippen LogP contribution in [0.25, 0.3) is 0 Å². The van der Waals surface area contributed by atoms with Crippen LogP contribution >= 0.6 is 0 Å². The van der Waals surface area contributed by atoms with Gasteiger partial charge in [0, 0.05) is 44.5 Å². The summed E-state index contributed by atoms with van der Waals surface area (Å²) in [6, 6.07) is 7.34. The Morgan fingerprint density at radius 2 is 2.00 bits per heavy atom. The third-order valence-electron chi connectivity index (χ3n) is 4.35. The number of hydrogen-bond acceptors (Lipinski definition) is 4. The number of rotatable bonds is 9. The zero-order valence-electron chi connectivity index (χ0n) is 15.6. The van der Waals surface area contributed by atoms with Crippen molar-refractivity contribution in [2.24, 2.45) is 0 Å². The Kier molecular flexibility index (Phi) is 8.55. The number of amides is 2. The lowest BCUT2D eigenvalue weighted by Crippen LogP contribution is -2.44. The molecule has 0 aromatic heterocycles. The molecule has 6 heteroatoms. The highest BCUT2D eigenvalue weighted by atomic mass is 16.5. The minimum Gasteiger partial charge on any atom is -0.494 e. The van der Waals surface area contributed by atoms with Crippen molar-refractivity contribution in [3.63, 3.8) is 0 Å². The highest BCUT2D eigenvalue weighted by Crippen LogP contribution is 2.17. The molecule has 0 atom stereocenters. The summed E-state index contributed by atoms with van der Waals surface area (Å²) < 4.78 is 5.58. The SMILES string of the molecule is CCCOc1cccc(NC(=O)NCCCCN2CCN(C)CC2)c1. The Morgan fingerprint density at radius 3 is 2.76 bits per heavy atom. The number of nitrogens with one attached hydrogen (secondary N) is 2. The third-order valence-corrected chi connectivity index (χ3v) is 4.35. The number of anilines is 1. The van der Waals surface area contributed by atoms with Gasteiger partial charge in [0.15, 0.2) is 0 Å². The topological polar surface area (TPSA) is 56.8 Å². The van der Waals surface area contributed by atoms with Crippen LogP contribution in [0.1, 0.15) is 26.2 Å². The number of carbonyl (C=O) groups is 1. The zero-order chi connectivity index (χ0) is 17.9. The summed E-state index contributed by atoms with van der Waals surface area (Å²) in [6.07, 6.45) is 3.08. The van der Waals surface area contributed by atoms with Gasteiger partial charge in [-0.15, -0.1) is 0 Å². The largest absolute Gasteiger partial charge is 0.494 e. The molecule has 1 heterocycles. The van der Waals surface area contributed by atoms with Crippen molar-refractivity contribution in [2.75, 3.05) is 58.2 Å². The molecule has 1 saturated heterocycles. The van der Waals surface area contributed by atoms with E-state index in [0.29, 0.717) is 13.2 Å². The molecule has 2 amide bonds. The molecule has 2 rings (SSSR count). The van der Waals surface area contributed by atoms with Gasteiger partial charge in [0.05, 0.1) is 6.61 Å². The smallest absolute Gasteiger partial charge is 0.319 e. The molecule has 1 fully saturated rings. The van der Waals surface area contributed by atoms with Crippen LogP contribution in [-0.2, 0) is 0 Å². The number of ether oxygens (including phenoxy) is 1. The van der Waals surface area contributed by atoms with Crippen molar-refractivity contribution >= 4 is 11.7 Å². The van der Waals surface area contributed by atoms with E-state index in [1.165, 1.54) is 0 Å². The molecule has 2 N–H and O–H groups in total. The van der Waals surface area contributed by atoms with Gasteiger partial charge < -0.3 is 25.2 Å². The van der Waals surface area contributed by atoms with Gasteiger partial charge in [-0.3, -0.25) is 0 Å². The summed E-state index contributed by atoms with van der Waals surface area (Å²) in [5.41, 5.74) is 0.753. The lowest BCUT2D eigenvalue weighted by atomic mass is 10.2. The van der Waals surface area contributed by atoms with E-state index >= 15 is 0 Å². The van der Waals surface area contributed by atoms with E-state index in [9.17, 15) is 4.79 Å². The predicted octanol–water partition coefficient (Wildman–Crippen LogP) is 2.62. The summed E-state index contributed by atoms with van der Waals surface area (Å²) in [5, 5.41) is 5.78. The van der Waals surface area contributed by atoms with Gasteiger partial charge in [0.2, 0.25) is 0 Å². The maximum Gasteiger partial charge on any atom is 0.319 e. The van der Waals surface area contributed by atoms with Crippen LogP contribution in [0, 0.1) is 0 Å². The maximum atomic E-state index is 12.0. The number of likely N-dealkylation sites (N-methyl/N-ethyl adjacent to an activating group) is 1. The van der Waals surface area contributed by atoms with Crippen molar-refractivity contribution in [3.8, 4) is 5.75 Å². The van der Waals surface area contributed by atoms with E-state index in [0.717, 1.165) is 63.4 Å². The summed E-state index contributed by atoms with van der Waals surface area (Å²) in [4.78, 5) is 16.8. The number of carbonyl (C=O) groups excluding carboxylic acids is 1. The van der Waals surface area contributed by atoms with Crippen molar-refractivity contribution < 1.29 is 9.53 Å². The normalized spacial score (nSPS) is 15.8. The lowest BCUT2D eigenvalue weighted by molar-refractivity contribution is 0.152. The Hall–Kier alpha value is -1.79. The number of piperazine rings is 1. The number of nitrogens with zero attached hydrogens (tertiary/aromatic N) is 2. The highest BCUT2D eigenvalue weighted by Gasteiger charge is 2.12. The first-order chi connectivity index (χ1) is 12.2. The fourth-order valence-corrected chi connectivity index (χ4v) is 2.79. The second kappa shape index (κ2) is 10.9. The van der Waals surface area contributed by atoms with Crippen molar-refractivity contribution in [2.45, 2.75) is 26.2 Å². The molecule has 0 saturated carbocycles. The van der Waals surface area contributed by atoms with Crippen LogP contribution in [0.2, 0.25) is 0 Å². The van der Waals surface area contributed by atoms with Crippen LogP contribution in [0.4, 0.5) is 10.5 Å². The van der Waals surface area contributed by atoms with Gasteiger partial charge in [0.25, 0.3) is 0 Å². The Labute approximate surface area is 151 Å². The monoisotopic (exact) mass is 348 g/mol. The Bertz CT molecular complexity index is 516. The van der Waals surface area contributed by atoms with Crippen LogP contribution in [0.5, 0.6) is 5.75 Å². The van der Waals surface area contributed by atoms with Gasteiger partial charge in [-0.2, -0.15) is 0 Å². The summed E-state index contributed by atoms with van der Waals surface area (Å²) >= 11 is 0. The van der Waals surface area contributed by atoms with Gasteiger partial charge in [-0.1, -0.05) is 13.0 Å². The van der Waals surface area contributed by atoms with Crippen molar-refractivity contribution in [1.29, 1.82) is 0 Å². The molecule has 140 valence electrons. The Morgan fingerprint density at radius 1 is 1.20 bits per heavy atom. The molecule has 0 aliphatic carbocycles. The molecule has 1 aliphatic rings. The first-order valence-electron chi connectivity index (χ1n) is 9.36. The third kappa shape index (κ3) is 7.75. The van der Waals surface area contributed by atoms with Gasteiger partial charge in [0.1, 0.15) is 5.75 Å². The molecule has 1 aromatic carbocycles. The fourth-order valence-electron chi connectivity index (χ4n) is 2.79. The summed E-state index contributed by atoms with van der Waals surface area (Å²) in [6.45, 7) is 9.19. The molecule has 6 nitrogen and oxygen atoms in total. The van der Waals surface area contributed by atoms with Gasteiger partial charge in [-0.25, -0.2) is 4.79 Å². The first-order valence-corrected chi connectivity index (χ1v) is 9.36. The number of unbranched alkanes of at least 4 members (excludes halogenated alkanes) is 1. The molecule has 0 unspecified atom stereocenters. The number of benzene rings is 1. The van der Waals surface area contributed by atoms with Crippen LogP contribution in [-0.4, -0.2) is 68.8 Å². The Balaban J connectivity index is 1.57. The molecule has 1 aliphatic heterocycles. The molecule has 0 spiro atoms. The predicted molar refractivity (Wildman–Crippen MR) is 102 cm³/mol. The minimum absolute atomic E-state index is 0.160. The van der Waals surface area contributed by atoms with E-state index < -0.39 is 0 Å². The highest BCUT2D eigenvalue weighted by molar-refractivity contribution is 5.89. The second-order valence-corrected chi connectivity index (χ2v) is 6.61. The molecule has 1 aromatic rings. The zero-order valence-corrected chi connectivity index (χ0v) is 15.6. The van der Waals surface area contributed by atoms with Crippen LogP contribution in [0.3, 0.4) is 0 Å². The van der Waals surface area contributed by atoms with Gasteiger partial charge in [-0.05, 0) is 45.0 Å². The summed E-state index contributed by atoms with van der Waals surface area (Å²) in [5.74, 6) is 0.784. The van der Waals surface area contributed by atoms with E-state index in [-0.39, 0.29) is 6.03 Å². The quantitative estimate of drug-likeness (QED) is 0.674. The molecular formula is C19H32N4O2. The fraction of sp³-hybridized carbons (Fsp3) is 0.632. The van der Waals surface area contributed by atoms with E-state index in [1.807, 2.05) is 24.3 Å². The molecule has 0 bridgehead atoms. The first kappa shape index (κ1) is 19.5. The lowest BCUT2D eigenvalue weighted by Gasteiger charge is -2.32. The van der Waals surface area contributed by atoms with Gasteiger partial charge >= 0.3 is 6.03 Å². The van der Waals surface area contributed by atoms with Crippen LogP contribution in [0.15, 0.2) is 24.3 Å². The minimum atomic E-state index is -0.160.